The second-order valence-electron chi connectivity index (χ2n) is 5.21. The Morgan fingerprint density at radius 3 is 2.44 bits per heavy atom. The van der Waals surface area contributed by atoms with E-state index in [-0.39, 0.29) is 6.61 Å². The fraction of sp³-hybridized carbons (Fsp3) is 0.833. The number of carbonyl (C=O) groups is 2. The van der Waals surface area contributed by atoms with Crippen molar-refractivity contribution < 1.29 is 24.2 Å². The van der Waals surface area contributed by atoms with E-state index in [4.69, 9.17) is 9.47 Å². The number of hydrogen-bond acceptors (Lipinski definition) is 5. The van der Waals surface area contributed by atoms with Crippen LogP contribution in [-0.2, 0) is 14.3 Å². The van der Waals surface area contributed by atoms with Gasteiger partial charge in [0.05, 0.1) is 6.61 Å². The summed E-state index contributed by atoms with van der Waals surface area (Å²) >= 11 is 0. The lowest BCUT2D eigenvalue weighted by Crippen LogP contribution is -2.47. The summed E-state index contributed by atoms with van der Waals surface area (Å²) in [5.41, 5.74) is -0.668. The first-order valence-corrected chi connectivity index (χ1v) is 6.12. The summed E-state index contributed by atoms with van der Waals surface area (Å²) in [6.07, 6.45) is -0.943. The lowest BCUT2D eigenvalue weighted by Gasteiger charge is -2.29. The highest BCUT2D eigenvalue weighted by molar-refractivity contribution is 5.82. The molecule has 1 aliphatic heterocycles. The molecule has 1 heterocycles. The van der Waals surface area contributed by atoms with Gasteiger partial charge in [-0.05, 0) is 40.5 Å². The van der Waals surface area contributed by atoms with Gasteiger partial charge < -0.3 is 14.6 Å². The Morgan fingerprint density at radius 2 is 1.94 bits per heavy atom. The molecule has 1 amide bonds. The van der Waals surface area contributed by atoms with Crippen LogP contribution in [0.5, 0.6) is 0 Å². The van der Waals surface area contributed by atoms with Crippen molar-refractivity contribution in [1.82, 2.24) is 4.90 Å². The van der Waals surface area contributed by atoms with Crippen LogP contribution in [0.3, 0.4) is 0 Å². The molecule has 6 nitrogen and oxygen atoms in total. The SMILES string of the molecule is CCOC(=O)[C@H]1CC[C@H](O)N1C(=O)OC(C)(C)C. The molecular formula is C12H21NO5. The second-order valence-corrected chi connectivity index (χ2v) is 5.21. The Labute approximate surface area is 107 Å². The number of amides is 1. The zero-order valence-electron chi connectivity index (χ0n) is 11.3. The Hall–Kier alpha value is -1.30. The standard InChI is InChI=1S/C12H21NO5/c1-5-17-10(15)8-6-7-9(14)13(8)11(16)18-12(2,3)4/h8-9,14H,5-7H2,1-4H3/t8-,9+/m1/s1. The number of carbonyl (C=O) groups excluding carboxylic acids is 2. The fourth-order valence-electron chi connectivity index (χ4n) is 1.83. The Bertz CT molecular complexity index is 323. The zero-order valence-corrected chi connectivity index (χ0v) is 11.3. The number of nitrogens with zero attached hydrogens (tertiary/aromatic N) is 1. The van der Waals surface area contributed by atoms with E-state index in [2.05, 4.69) is 0 Å². The minimum absolute atomic E-state index is 0.244. The molecule has 0 aliphatic carbocycles. The first kappa shape index (κ1) is 14.8. The van der Waals surface area contributed by atoms with E-state index in [1.54, 1.807) is 27.7 Å². The molecule has 0 aromatic heterocycles. The third-order valence-corrected chi connectivity index (χ3v) is 2.52. The third kappa shape index (κ3) is 3.60. The molecule has 1 rings (SSSR count). The number of hydrogen-bond donors (Lipinski definition) is 1. The van der Waals surface area contributed by atoms with Crippen LogP contribution in [0.15, 0.2) is 0 Å². The maximum absolute atomic E-state index is 11.9. The topological polar surface area (TPSA) is 76.1 Å². The molecule has 104 valence electrons. The van der Waals surface area contributed by atoms with E-state index in [0.29, 0.717) is 12.8 Å². The summed E-state index contributed by atoms with van der Waals surface area (Å²) in [5, 5.41) is 9.76. The van der Waals surface area contributed by atoms with Crippen molar-refractivity contribution in [3.05, 3.63) is 0 Å². The van der Waals surface area contributed by atoms with Gasteiger partial charge in [0.25, 0.3) is 0 Å². The van der Waals surface area contributed by atoms with E-state index in [1.807, 2.05) is 0 Å². The first-order valence-electron chi connectivity index (χ1n) is 6.12. The molecule has 0 saturated carbocycles. The summed E-state index contributed by atoms with van der Waals surface area (Å²) in [4.78, 5) is 24.7. The predicted octanol–water partition coefficient (Wildman–Crippen LogP) is 1.27. The van der Waals surface area contributed by atoms with Gasteiger partial charge in [-0.2, -0.15) is 0 Å². The molecule has 1 saturated heterocycles. The molecule has 1 N–H and O–H groups in total. The van der Waals surface area contributed by atoms with Gasteiger partial charge in [-0.1, -0.05) is 0 Å². The van der Waals surface area contributed by atoms with Gasteiger partial charge in [-0.15, -0.1) is 0 Å². The van der Waals surface area contributed by atoms with Crippen LogP contribution in [-0.4, -0.2) is 46.5 Å². The minimum atomic E-state index is -0.991. The van der Waals surface area contributed by atoms with Crippen LogP contribution in [0.1, 0.15) is 40.5 Å². The van der Waals surface area contributed by atoms with Gasteiger partial charge in [-0.3, -0.25) is 4.90 Å². The van der Waals surface area contributed by atoms with Crippen molar-refractivity contribution in [1.29, 1.82) is 0 Å². The normalized spacial score (nSPS) is 23.9. The van der Waals surface area contributed by atoms with Crippen LogP contribution in [0.25, 0.3) is 0 Å². The van der Waals surface area contributed by atoms with Crippen molar-refractivity contribution in [2.24, 2.45) is 0 Å². The molecule has 6 heteroatoms. The van der Waals surface area contributed by atoms with Gasteiger partial charge in [0.2, 0.25) is 0 Å². The number of rotatable bonds is 2. The highest BCUT2D eigenvalue weighted by atomic mass is 16.6. The Balaban J connectivity index is 2.76. The summed E-state index contributed by atoms with van der Waals surface area (Å²) in [6.45, 7) is 7.13. The first-order chi connectivity index (χ1) is 8.26. The predicted molar refractivity (Wildman–Crippen MR) is 63.7 cm³/mol. The molecule has 0 bridgehead atoms. The molecule has 0 radical (unpaired) electrons. The van der Waals surface area contributed by atoms with Crippen molar-refractivity contribution in [2.45, 2.75) is 58.4 Å². The summed E-state index contributed by atoms with van der Waals surface area (Å²) in [7, 11) is 0. The van der Waals surface area contributed by atoms with Crippen LogP contribution in [0.4, 0.5) is 4.79 Å². The molecule has 2 atom stereocenters. The molecule has 0 aromatic carbocycles. The summed E-state index contributed by atoms with van der Waals surface area (Å²) in [5.74, 6) is -0.500. The van der Waals surface area contributed by atoms with E-state index >= 15 is 0 Å². The van der Waals surface area contributed by atoms with E-state index in [0.717, 1.165) is 4.90 Å². The molecule has 0 spiro atoms. The highest BCUT2D eigenvalue weighted by Crippen LogP contribution is 2.25. The van der Waals surface area contributed by atoms with E-state index in [9.17, 15) is 14.7 Å². The van der Waals surface area contributed by atoms with E-state index in [1.165, 1.54) is 0 Å². The summed E-state index contributed by atoms with van der Waals surface area (Å²) in [6, 6.07) is -0.755. The number of likely N-dealkylation sites (tertiary alicyclic amines) is 1. The number of aliphatic hydroxyl groups is 1. The number of aliphatic hydroxyl groups excluding tert-OH is 1. The Kier molecular flexibility index (Phi) is 4.56. The van der Waals surface area contributed by atoms with Gasteiger partial charge >= 0.3 is 12.1 Å². The van der Waals surface area contributed by atoms with Crippen molar-refractivity contribution in [3.8, 4) is 0 Å². The quantitative estimate of drug-likeness (QED) is 0.756. The molecular weight excluding hydrogens is 238 g/mol. The maximum Gasteiger partial charge on any atom is 0.413 e. The average Bonchev–Trinajstić information content (AvgIpc) is 2.58. The van der Waals surface area contributed by atoms with Crippen LogP contribution < -0.4 is 0 Å². The molecule has 1 aliphatic rings. The third-order valence-electron chi connectivity index (χ3n) is 2.52. The maximum atomic E-state index is 11.9. The van der Waals surface area contributed by atoms with Gasteiger partial charge in [0.15, 0.2) is 0 Å². The van der Waals surface area contributed by atoms with Gasteiger partial charge in [0.1, 0.15) is 17.9 Å². The van der Waals surface area contributed by atoms with Gasteiger partial charge in [-0.25, -0.2) is 9.59 Å². The van der Waals surface area contributed by atoms with Crippen LogP contribution >= 0.6 is 0 Å². The van der Waals surface area contributed by atoms with Crippen molar-refractivity contribution in [3.63, 3.8) is 0 Å². The molecule has 1 fully saturated rings. The fourth-order valence-corrected chi connectivity index (χ4v) is 1.83. The van der Waals surface area contributed by atoms with E-state index < -0.39 is 29.9 Å². The monoisotopic (exact) mass is 259 g/mol. The molecule has 0 unspecified atom stereocenters. The minimum Gasteiger partial charge on any atom is -0.464 e. The average molecular weight is 259 g/mol. The summed E-state index contributed by atoms with van der Waals surface area (Å²) < 4.78 is 10.1. The van der Waals surface area contributed by atoms with Crippen LogP contribution in [0.2, 0.25) is 0 Å². The second kappa shape index (κ2) is 5.56. The lowest BCUT2D eigenvalue weighted by molar-refractivity contribution is -0.150. The van der Waals surface area contributed by atoms with Crippen molar-refractivity contribution >= 4 is 12.1 Å². The molecule has 18 heavy (non-hydrogen) atoms. The lowest BCUT2D eigenvalue weighted by atomic mass is 10.2. The van der Waals surface area contributed by atoms with Crippen LogP contribution in [0, 0.1) is 0 Å². The highest BCUT2D eigenvalue weighted by Gasteiger charge is 2.42. The molecule has 0 aromatic rings. The zero-order chi connectivity index (χ0) is 13.9. The largest absolute Gasteiger partial charge is 0.464 e. The van der Waals surface area contributed by atoms with Crippen molar-refractivity contribution in [2.75, 3.05) is 6.61 Å². The Morgan fingerprint density at radius 1 is 1.33 bits per heavy atom. The smallest absolute Gasteiger partial charge is 0.413 e. The number of ether oxygens (including phenoxy) is 2. The van der Waals surface area contributed by atoms with Gasteiger partial charge in [0, 0.05) is 0 Å². The number of esters is 1.